The molecule has 1 aliphatic heterocycles. The lowest BCUT2D eigenvalue weighted by Gasteiger charge is -2.16. The third-order valence-electron chi connectivity index (χ3n) is 4.35. The SMILES string of the molecule is Cc1noc(C)c1CN1CC[C@H](NC(=O)c2ccc(F)cc2F)C1. The number of hydrogen-bond donors (Lipinski definition) is 1. The van der Waals surface area contributed by atoms with Crippen LogP contribution in [-0.4, -0.2) is 35.1 Å². The van der Waals surface area contributed by atoms with E-state index in [0.717, 1.165) is 42.1 Å². The third-order valence-corrected chi connectivity index (χ3v) is 4.35. The number of halogens is 2. The van der Waals surface area contributed by atoms with E-state index in [0.29, 0.717) is 19.2 Å². The first-order valence-corrected chi connectivity index (χ1v) is 7.84. The highest BCUT2D eigenvalue weighted by molar-refractivity contribution is 5.94. The molecule has 7 heteroatoms. The van der Waals surface area contributed by atoms with E-state index in [9.17, 15) is 13.6 Å². The number of benzene rings is 1. The van der Waals surface area contributed by atoms with E-state index in [1.165, 1.54) is 0 Å². The van der Waals surface area contributed by atoms with Crippen molar-refractivity contribution in [1.82, 2.24) is 15.4 Å². The first-order valence-electron chi connectivity index (χ1n) is 7.84. The first-order chi connectivity index (χ1) is 11.4. The van der Waals surface area contributed by atoms with Crippen molar-refractivity contribution in [3.63, 3.8) is 0 Å². The van der Waals surface area contributed by atoms with Crippen molar-refractivity contribution in [2.75, 3.05) is 13.1 Å². The average molecular weight is 335 g/mol. The summed E-state index contributed by atoms with van der Waals surface area (Å²) in [5.41, 5.74) is 1.79. The number of carbonyl (C=O) groups is 1. The van der Waals surface area contributed by atoms with Crippen molar-refractivity contribution in [3.05, 3.63) is 52.4 Å². The molecule has 24 heavy (non-hydrogen) atoms. The van der Waals surface area contributed by atoms with Crippen molar-refractivity contribution in [1.29, 1.82) is 0 Å². The maximum absolute atomic E-state index is 13.7. The monoisotopic (exact) mass is 335 g/mol. The molecule has 1 N–H and O–H groups in total. The molecule has 0 radical (unpaired) electrons. The second kappa shape index (κ2) is 6.68. The Morgan fingerprint density at radius 1 is 1.42 bits per heavy atom. The minimum absolute atomic E-state index is 0.0672. The Balaban J connectivity index is 1.59. The molecule has 1 atom stereocenters. The van der Waals surface area contributed by atoms with Crippen LogP contribution in [0.1, 0.15) is 33.8 Å². The van der Waals surface area contributed by atoms with Crippen molar-refractivity contribution >= 4 is 5.91 Å². The maximum atomic E-state index is 13.7. The minimum Gasteiger partial charge on any atom is -0.361 e. The van der Waals surface area contributed by atoms with Gasteiger partial charge in [-0.3, -0.25) is 9.69 Å². The van der Waals surface area contributed by atoms with Gasteiger partial charge >= 0.3 is 0 Å². The molecule has 5 nitrogen and oxygen atoms in total. The van der Waals surface area contributed by atoms with E-state index in [-0.39, 0.29) is 11.6 Å². The highest BCUT2D eigenvalue weighted by Crippen LogP contribution is 2.19. The number of aromatic nitrogens is 1. The summed E-state index contributed by atoms with van der Waals surface area (Å²) in [4.78, 5) is 14.3. The molecule has 0 saturated carbocycles. The number of amides is 1. The molecule has 0 bridgehead atoms. The van der Waals surface area contributed by atoms with Gasteiger partial charge in [0.15, 0.2) is 0 Å². The van der Waals surface area contributed by atoms with E-state index >= 15 is 0 Å². The number of likely N-dealkylation sites (tertiary alicyclic amines) is 1. The average Bonchev–Trinajstić information content (AvgIpc) is 3.09. The van der Waals surface area contributed by atoms with Gasteiger partial charge < -0.3 is 9.84 Å². The lowest BCUT2D eigenvalue weighted by Crippen LogP contribution is -2.37. The summed E-state index contributed by atoms with van der Waals surface area (Å²) >= 11 is 0. The molecule has 2 aromatic rings. The Hall–Kier alpha value is -2.28. The molecule has 0 aliphatic carbocycles. The summed E-state index contributed by atoms with van der Waals surface area (Å²) in [7, 11) is 0. The van der Waals surface area contributed by atoms with Gasteiger partial charge in [0.2, 0.25) is 0 Å². The lowest BCUT2D eigenvalue weighted by molar-refractivity contribution is 0.0933. The normalized spacial score (nSPS) is 18.1. The van der Waals surface area contributed by atoms with Crippen LogP contribution in [0.25, 0.3) is 0 Å². The Kier molecular flexibility index (Phi) is 4.62. The van der Waals surface area contributed by atoms with Crippen LogP contribution in [0.5, 0.6) is 0 Å². The Bertz CT molecular complexity index is 741. The fraction of sp³-hybridized carbons (Fsp3) is 0.412. The van der Waals surface area contributed by atoms with Gasteiger partial charge in [-0.1, -0.05) is 5.16 Å². The molecule has 1 amide bonds. The van der Waals surface area contributed by atoms with Crippen molar-refractivity contribution < 1.29 is 18.1 Å². The summed E-state index contributed by atoms with van der Waals surface area (Å²) in [6.07, 6.45) is 0.776. The fourth-order valence-electron chi connectivity index (χ4n) is 2.98. The van der Waals surface area contributed by atoms with Crippen molar-refractivity contribution in [2.45, 2.75) is 32.9 Å². The van der Waals surface area contributed by atoms with E-state index in [4.69, 9.17) is 4.52 Å². The quantitative estimate of drug-likeness (QED) is 0.933. The van der Waals surface area contributed by atoms with Crippen molar-refractivity contribution in [2.24, 2.45) is 0 Å². The van der Waals surface area contributed by atoms with Crippen LogP contribution in [0, 0.1) is 25.5 Å². The Labute approximate surface area is 138 Å². The molecule has 1 saturated heterocycles. The molecule has 0 spiro atoms. The third kappa shape index (κ3) is 3.46. The van der Waals surface area contributed by atoms with Gasteiger partial charge in [-0.2, -0.15) is 0 Å². The van der Waals surface area contributed by atoms with E-state index in [2.05, 4.69) is 15.4 Å². The summed E-state index contributed by atoms with van der Waals surface area (Å²) in [6.45, 7) is 5.97. The number of nitrogens with zero attached hydrogens (tertiary/aromatic N) is 2. The standard InChI is InChI=1S/C17H19F2N3O2/c1-10-15(11(2)24-21-10)9-22-6-5-13(8-22)20-17(23)14-4-3-12(18)7-16(14)19/h3-4,7,13H,5-6,8-9H2,1-2H3,(H,20,23)/t13-/m0/s1. The van der Waals surface area contributed by atoms with Crippen LogP contribution >= 0.6 is 0 Å². The number of hydrogen-bond acceptors (Lipinski definition) is 4. The number of aryl methyl sites for hydroxylation is 2. The van der Waals surface area contributed by atoms with Crippen LogP contribution < -0.4 is 5.32 Å². The maximum Gasteiger partial charge on any atom is 0.254 e. The van der Waals surface area contributed by atoms with Crippen LogP contribution in [0.2, 0.25) is 0 Å². The summed E-state index contributed by atoms with van der Waals surface area (Å²) in [6, 6.07) is 2.89. The fourth-order valence-corrected chi connectivity index (χ4v) is 2.98. The van der Waals surface area contributed by atoms with Gasteiger partial charge in [0.1, 0.15) is 17.4 Å². The Morgan fingerprint density at radius 2 is 2.21 bits per heavy atom. The zero-order valence-electron chi connectivity index (χ0n) is 13.6. The molecule has 2 heterocycles. The molecule has 0 unspecified atom stereocenters. The molecule has 1 aromatic heterocycles. The highest BCUT2D eigenvalue weighted by atomic mass is 19.1. The predicted molar refractivity (Wildman–Crippen MR) is 83.5 cm³/mol. The van der Waals surface area contributed by atoms with Crippen LogP contribution in [0.4, 0.5) is 8.78 Å². The molecule has 1 fully saturated rings. The summed E-state index contributed by atoms with van der Waals surface area (Å²) in [5.74, 6) is -1.27. The molecule has 3 rings (SSSR count). The smallest absolute Gasteiger partial charge is 0.254 e. The second-order valence-corrected chi connectivity index (χ2v) is 6.12. The lowest BCUT2D eigenvalue weighted by atomic mass is 10.1. The highest BCUT2D eigenvalue weighted by Gasteiger charge is 2.26. The molecular weight excluding hydrogens is 316 g/mol. The van der Waals surface area contributed by atoms with Crippen LogP contribution in [0.3, 0.4) is 0 Å². The van der Waals surface area contributed by atoms with E-state index in [1.54, 1.807) is 0 Å². The van der Waals surface area contributed by atoms with Gasteiger partial charge in [0.05, 0.1) is 11.3 Å². The zero-order chi connectivity index (χ0) is 17.3. The van der Waals surface area contributed by atoms with Gasteiger partial charge in [0, 0.05) is 37.3 Å². The largest absolute Gasteiger partial charge is 0.361 e. The Morgan fingerprint density at radius 3 is 2.88 bits per heavy atom. The molecule has 1 aromatic carbocycles. The van der Waals surface area contributed by atoms with Gasteiger partial charge in [-0.25, -0.2) is 8.78 Å². The van der Waals surface area contributed by atoms with E-state index < -0.39 is 17.5 Å². The molecule has 128 valence electrons. The second-order valence-electron chi connectivity index (χ2n) is 6.12. The zero-order valence-corrected chi connectivity index (χ0v) is 13.6. The van der Waals surface area contributed by atoms with Gasteiger partial charge in [0.25, 0.3) is 5.91 Å². The molecule has 1 aliphatic rings. The predicted octanol–water partition coefficient (Wildman–Crippen LogP) is 2.57. The summed E-state index contributed by atoms with van der Waals surface area (Å²) in [5, 5.41) is 6.75. The van der Waals surface area contributed by atoms with Gasteiger partial charge in [-0.15, -0.1) is 0 Å². The van der Waals surface area contributed by atoms with E-state index in [1.807, 2.05) is 13.8 Å². The van der Waals surface area contributed by atoms with Gasteiger partial charge in [-0.05, 0) is 32.4 Å². The number of rotatable bonds is 4. The molecular formula is C17H19F2N3O2. The van der Waals surface area contributed by atoms with Crippen LogP contribution in [0.15, 0.2) is 22.7 Å². The first kappa shape index (κ1) is 16.6. The summed E-state index contributed by atoms with van der Waals surface area (Å²) < 4.78 is 31.7. The van der Waals surface area contributed by atoms with Crippen molar-refractivity contribution in [3.8, 4) is 0 Å². The topological polar surface area (TPSA) is 58.4 Å². The number of nitrogens with one attached hydrogen (secondary N) is 1. The minimum atomic E-state index is -0.849. The van der Waals surface area contributed by atoms with Crippen LogP contribution in [-0.2, 0) is 6.54 Å². The number of carbonyl (C=O) groups excluding carboxylic acids is 1.